The van der Waals surface area contributed by atoms with E-state index in [0.717, 1.165) is 13.1 Å². The fraction of sp³-hybridized carbons (Fsp3) is 0.889. The molecular weight excluding hydrogens is 230 g/mol. The summed E-state index contributed by atoms with van der Waals surface area (Å²) < 4.78 is 0. The van der Waals surface area contributed by atoms with Gasteiger partial charge < -0.3 is 0 Å². The molecule has 0 saturated carbocycles. The number of allylic oxidation sites excluding steroid dienone is 2. The topological polar surface area (TPSA) is 14.1 Å². The average molecular weight is 266 g/mol. The zero-order chi connectivity index (χ0) is 14.0. The Bertz CT molecular complexity index is 175. The van der Waals surface area contributed by atoms with Crippen molar-refractivity contribution in [2.24, 2.45) is 0 Å². The standard InChI is InChI=1S/C18H36N/c1-3-5-7-8-9-10-11-12-13-14-16-18-19-17-15-6-4-2/h10-11H,3-9,12-18H2,1-2H3/b11-10+. The van der Waals surface area contributed by atoms with E-state index in [0.29, 0.717) is 0 Å². The van der Waals surface area contributed by atoms with Crippen molar-refractivity contribution in [2.75, 3.05) is 13.1 Å². The van der Waals surface area contributed by atoms with Gasteiger partial charge in [0, 0.05) is 13.1 Å². The van der Waals surface area contributed by atoms with Crippen LogP contribution >= 0.6 is 0 Å². The molecule has 0 rings (SSSR count). The molecule has 19 heavy (non-hydrogen) atoms. The van der Waals surface area contributed by atoms with Crippen LogP contribution in [-0.2, 0) is 0 Å². The van der Waals surface area contributed by atoms with E-state index in [4.69, 9.17) is 0 Å². The van der Waals surface area contributed by atoms with Crippen molar-refractivity contribution in [3.63, 3.8) is 0 Å². The van der Waals surface area contributed by atoms with Crippen molar-refractivity contribution < 1.29 is 0 Å². The van der Waals surface area contributed by atoms with Gasteiger partial charge in [-0.05, 0) is 38.5 Å². The van der Waals surface area contributed by atoms with E-state index >= 15 is 0 Å². The highest BCUT2D eigenvalue weighted by Crippen LogP contribution is 2.05. The Kier molecular flexibility index (Phi) is 17.4. The lowest BCUT2D eigenvalue weighted by Crippen LogP contribution is -2.08. The number of rotatable bonds is 15. The molecule has 0 aromatic carbocycles. The van der Waals surface area contributed by atoms with Crippen molar-refractivity contribution in [2.45, 2.75) is 90.9 Å². The molecule has 1 radical (unpaired) electrons. The molecule has 0 aromatic heterocycles. The second-order valence-corrected chi connectivity index (χ2v) is 5.55. The Morgan fingerprint density at radius 2 is 1.05 bits per heavy atom. The summed E-state index contributed by atoms with van der Waals surface area (Å²) >= 11 is 0. The molecule has 0 bridgehead atoms. The van der Waals surface area contributed by atoms with Gasteiger partial charge in [-0.2, -0.15) is 0 Å². The molecule has 0 unspecified atom stereocenters. The minimum atomic E-state index is 1.09. The molecule has 0 fully saturated rings. The first-order valence-corrected chi connectivity index (χ1v) is 8.70. The van der Waals surface area contributed by atoms with E-state index in [-0.39, 0.29) is 0 Å². The second kappa shape index (κ2) is 17.7. The lowest BCUT2D eigenvalue weighted by molar-refractivity contribution is 0.568. The average Bonchev–Trinajstić information content (AvgIpc) is 2.43. The van der Waals surface area contributed by atoms with Crippen LogP contribution in [0.1, 0.15) is 90.9 Å². The Hall–Kier alpha value is -0.300. The third-order valence-electron chi connectivity index (χ3n) is 3.50. The highest BCUT2D eigenvalue weighted by atomic mass is 14.8. The molecule has 0 heterocycles. The normalized spacial score (nSPS) is 11.5. The Labute approximate surface area is 122 Å². The van der Waals surface area contributed by atoms with Crippen LogP contribution in [0.25, 0.3) is 0 Å². The lowest BCUT2D eigenvalue weighted by atomic mass is 10.1. The first-order chi connectivity index (χ1) is 9.41. The van der Waals surface area contributed by atoms with Gasteiger partial charge in [0.05, 0.1) is 0 Å². The molecule has 0 atom stereocenters. The largest absolute Gasteiger partial charge is 0.242 e. The highest BCUT2D eigenvalue weighted by Gasteiger charge is 1.91. The van der Waals surface area contributed by atoms with Crippen LogP contribution in [0.3, 0.4) is 0 Å². The molecule has 0 saturated heterocycles. The van der Waals surface area contributed by atoms with Crippen molar-refractivity contribution in [3.05, 3.63) is 12.2 Å². The summed E-state index contributed by atoms with van der Waals surface area (Å²) in [5, 5.41) is 4.57. The zero-order valence-corrected chi connectivity index (χ0v) is 13.5. The molecule has 0 aromatic rings. The van der Waals surface area contributed by atoms with E-state index in [1.54, 1.807) is 0 Å². The van der Waals surface area contributed by atoms with E-state index < -0.39 is 0 Å². The van der Waals surface area contributed by atoms with Crippen LogP contribution in [0.5, 0.6) is 0 Å². The number of hydrogen-bond acceptors (Lipinski definition) is 0. The van der Waals surface area contributed by atoms with Gasteiger partial charge in [-0.15, -0.1) is 0 Å². The van der Waals surface area contributed by atoms with E-state index in [1.807, 2.05) is 0 Å². The van der Waals surface area contributed by atoms with Crippen LogP contribution in [0.4, 0.5) is 0 Å². The van der Waals surface area contributed by atoms with Crippen LogP contribution in [0.2, 0.25) is 0 Å². The Morgan fingerprint density at radius 1 is 0.579 bits per heavy atom. The molecule has 0 N–H and O–H groups in total. The summed E-state index contributed by atoms with van der Waals surface area (Å²) in [7, 11) is 0. The third kappa shape index (κ3) is 17.7. The second-order valence-electron chi connectivity index (χ2n) is 5.55. The van der Waals surface area contributed by atoms with Gasteiger partial charge in [0.2, 0.25) is 0 Å². The maximum atomic E-state index is 4.57. The Morgan fingerprint density at radius 3 is 1.63 bits per heavy atom. The van der Waals surface area contributed by atoms with Gasteiger partial charge in [-0.25, -0.2) is 5.32 Å². The van der Waals surface area contributed by atoms with Crippen LogP contribution in [0.15, 0.2) is 12.2 Å². The minimum absolute atomic E-state index is 1.09. The molecule has 0 spiro atoms. The predicted molar refractivity (Wildman–Crippen MR) is 87.8 cm³/mol. The molecular formula is C18H36N. The SMILES string of the molecule is CCCCCC/C=C/CCCCC[N]CCCCC. The molecule has 1 nitrogen and oxygen atoms in total. The molecule has 0 aliphatic heterocycles. The van der Waals surface area contributed by atoms with Crippen LogP contribution < -0.4 is 5.32 Å². The van der Waals surface area contributed by atoms with Gasteiger partial charge in [0.1, 0.15) is 0 Å². The number of nitrogens with zero attached hydrogens (tertiary/aromatic N) is 1. The van der Waals surface area contributed by atoms with Gasteiger partial charge in [-0.3, -0.25) is 0 Å². The summed E-state index contributed by atoms with van der Waals surface area (Å²) in [5.41, 5.74) is 0. The lowest BCUT2D eigenvalue weighted by Gasteiger charge is -2.01. The molecule has 113 valence electrons. The molecule has 0 aliphatic rings. The summed E-state index contributed by atoms with van der Waals surface area (Å²) in [5.74, 6) is 0. The fourth-order valence-corrected chi connectivity index (χ4v) is 2.17. The van der Waals surface area contributed by atoms with Crippen molar-refractivity contribution >= 4 is 0 Å². The van der Waals surface area contributed by atoms with Crippen molar-refractivity contribution in [1.82, 2.24) is 5.32 Å². The van der Waals surface area contributed by atoms with Gasteiger partial charge >= 0.3 is 0 Å². The van der Waals surface area contributed by atoms with Gasteiger partial charge in [0.15, 0.2) is 0 Å². The summed E-state index contributed by atoms with van der Waals surface area (Å²) in [6.07, 6.45) is 20.7. The number of hydrogen-bond donors (Lipinski definition) is 0. The molecule has 0 amide bonds. The first kappa shape index (κ1) is 18.7. The number of unbranched alkanes of at least 4 members (excludes halogenated alkanes) is 9. The summed E-state index contributed by atoms with van der Waals surface area (Å²) in [4.78, 5) is 0. The van der Waals surface area contributed by atoms with Crippen molar-refractivity contribution in [1.29, 1.82) is 0 Å². The molecule has 0 aliphatic carbocycles. The maximum absolute atomic E-state index is 4.57. The van der Waals surface area contributed by atoms with E-state index in [1.165, 1.54) is 77.0 Å². The quantitative estimate of drug-likeness (QED) is 0.260. The fourth-order valence-electron chi connectivity index (χ4n) is 2.17. The predicted octanol–water partition coefficient (Wildman–Crippen LogP) is 5.87. The monoisotopic (exact) mass is 266 g/mol. The smallest absolute Gasteiger partial charge is 0.0133 e. The third-order valence-corrected chi connectivity index (χ3v) is 3.50. The van der Waals surface area contributed by atoms with Crippen LogP contribution in [0, 0.1) is 0 Å². The maximum Gasteiger partial charge on any atom is 0.0133 e. The minimum Gasteiger partial charge on any atom is -0.242 e. The van der Waals surface area contributed by atoms with Gasteiger partial charge in [-0.1, -0.05) is 64.5 Å². The summed E-state index contributed by atoms with van der Waals surface area (Å²) in [6.45, 7) is 6.69. The highest BCUT2D eigenvalue weighted by molar-refractivity contribution is 4.81. The summed E-state index contributed by atoms with van der Waals surface area (Å²) in [6, 6.07) is 0. The van der Waals surface area contributed by atoms with Gasteiger partial charge in [0.25, 0.3) is 0 Å². The van der Waals surface area contributed by atoms with E-state index in [9.17, 15) is 0 Å². The Balaban J connectivity index is 2.99. The van der Waals surface area contributed by atoms with E-state index in [2.05, 4.69) is 31.3 Å². The first-order valence-electron chi connectivity index (χ1n) is 8.70. The molecule has 1 heteroatoms. The zero-order valence-electron chi connectivity index (χ0n) is 13.5. The van der Waals surface area contributed by atoms with Crippen molar-refractivity contribution in [3.8, 4) is 0 Å². The van der Waals surface area contributed by atoms with Crippen LogP contribution in [-0.4, -0.2) is 13.1 Å².